The molecule has 1 saturated heterocycles. The number of aryl methyl sites for hydroxylation is 1. The first-order chi connectivity index (χ1) is 17.9. The van der Waals surface area contributed by atoms with Crippen LogP contribution in [0.3, 0.4) is 0 Å². The topological polar surface area (TPSA) is 122 Å². The molecular weight excluding hydrogens is 536 g/mol. The number of esters is 2. The largest absolute Gasteiger partial charge is 0.465 e. The molecule has 0 bridgehead atoms. The quantitative estimate of drug-likeness (QED) is 0.282. The van der Waals surface area contributed by atoms with Gasteiger partial charge in [-0.15, -0.1) is 32.9 Å². The van der Waals surface area contributed by atoms with Crippen molar-refractivity contribution in [3.63, 3.8) is 0 Å². The summed E-state index contributed by atoms with van der Waals surface area (Å²) in [6, 6.07) is 2.12. The minimum absolute atomic E-state index is 0.0264. The van der Waals surface area contributed by atoms with Gasteiger partial charge in [0.2, 0.25) is 5.91 Å². The van der Waals surface area contributed by atoms with Gasteiger partial charge in [-0.2, -0.15) is 0 Å². The monoisotopic (exact) mass is 564 g/mol. The minimum atomic E-state index is -0.644. The number of carbonyl (C=O) groups is 3. The van der Waals surface area contributed by atoms with Gasteiger partial charge in [-0.3, -0.25) is 9.36 Å². The Labute approximate surface area is 226 Å². The Kier molecular flexibility index (Phi) is 9.00. The van der Waals surface area contributed by atoms with Crippen molar-refractivity contribution in [2.75, 3.05) is 31.9 Å². The van der Waals surface area contributed by atoms with Crippen molar-refractivity contribution in [1.29, 1.82) is 0 Å². The van der Waals surface area contributed by atoms with Crippen LogP contribution in [0.15, 0.2) is 16.6 Å². The molecule has 0 aromatic carbocycles. The summed E-state index contributed by atoms with van der Waals surface area (Å²) < 4.78 is 17.5. The standard InChI is InChI=1S/C24H28N4O6S3/c1-5-16-9-14(11-35-16)20-26-27-24(28(20)10-15-7-6-8-34-15)36-12-17(29)25-21-18(22(30)32-3)13(2)19(37-21)23(31)33-4/h9,11,15H,5-8,10,12H2,1-4H3,(H,25,29). The molecule has 0 spiro atoms. The molecule has 4 heterocycles. The molecule has 4 rings (SSSR count). The lowest BCUT2D eigenvalue weighted by atomic mass is 10.1. The molecule has 1 aliphatic heterocycles. The lowest BCUT2D eigenvalue weighted by Gasteiger charge is -2.14. The van der Waals surface area contributed by atoms with E-state index >= 15 is 0 Å². The maximum atomic E-state index is 12.9. The van der Waals surface area contributed by atoms with Gasteiger partial charge in [-0.1, -0.05) is 18.7 Å². The van der Waals surface area contributed by atoms with Crippen LogP contribution in [-0.4, -0.2) is 65.3 Å². The highest BCUT2D eigenvalue weighted by atomic mass is 32.2. The van der Waals surface area contributed by atoms with Gasteiger partial charge >= 0.3 is 11.9 Å². The second-order valence-corrected chi connectivity index (χ2v) is 11.2. The number of ether oxygens (including phenoxy) is 3. The van der Waals surface area contributed by atoms with Gasteiger partial charge in [-0.05, 0) is 37.8 Å². The van der Waals surface area contributed by atoms with Crippen molar-refractivity contribution in [3.8, 4) is 11.4 Å². The van der Waals surface area contributed by atoms with Crippen molar-refractivity contribution >= 4 is 57.3 Å². The molecule has 1 unspecified atom stereocenters. The number of rotatable bonds is 10. The van der Waals surface area contributed by atoms with Crippen LogP contribution in [0.25, 0.3) is 11.4 Å². The first kappa shape index (κ1) is 27.3. The van der Waals surface area contributed by atoms with Crippen molar-refractivity contribution in [3.05, 3.63) is 32.3 Å². The number of thiophene rings is 2. The van der Waals surface area contributed by atoms with E-state index in [4.69, 9.17) is 14.2 Å². The summed E-state index contributed by atoms with van der Waals surface area (Å²) in [6.07, 6.45) is 2.99. The normalized spacial score (nSPS) is 15.1. The zero-order valence-electron chi connectivity index (χ0n) is 21.0. The smallest absolute Gasteiger partial charge is 0.348 e. The Morgan fingerprint density at radius 3 is 2.68 bits per heavy atom. The molecule has 1 fully saturated rings. The third-order valence-electron chi connectivity index (χ3n) is 5.88. The van der Waals surface area contributed by atoms with Crippen LogP contribution in [-0.2, 0) is 32.0 Å². The van der Waals surface area contributed by atoms with Gasteiger partial charge in [0.1, 0.15) is 9.88 Å². The summed E-state index contributed by atoms with van der Waals surface area (Å²) in [5, 5.41) is 14.5. The number of hydrogen-bond acceptors (Lipinski definition) is 11. The summed E-state index contributed by atoms with van der Waals surface area (Å²) in [5.74, 6) is -0.811. The third kappa shape index (κ3) is 6.06. The van der Waals surface area contributed by atoms with E-state index in [0.29, 0.717) is 17.3 Å². The Morgan fingerprint density at radius 1 is 1.24 bits per heavy atom. The van der Waals surface area contributed by atoms with Gasteiger partial charge < -0.3 is 19.5 Å². The molecule has 1 atom stereocenters. The third-order valence-corrected chi connectivity index (χ3v) is 9.11. The molecule has 198 valence electrons. The lowest BCUT2D eigenvalue weighted by molar-refractivity contribution is -0.113. The van der Waals surface area contributed by atoms with Crippen molar-refractivity contribution in [1.82, 2.24) is 14.8 Å². The Hall–Kier alpha value is -2.74. The van der Waals surface area contributed by atoms with E-state index in [-0.39, 0.29) is 33.2 Å². The molecule has 37 heavy (non-hydrogen) atoms. The number of carbonyl (C=O) groups excluding carboxylic acids is 3. The fourth-order valence-corrected chi connectivity index (χ4v) is 6.67. The van der Waals surface area contributed by atoms with Crippen LogP contribution in [0.2, 0.25) is 0 Å². The molecule has 13 heteroatoms. The summed E-state index contributed by atoms with van der Waals surface area (Å²) in [4.78, 5) is 38.9. The van der Waals surface area contributed by atoms with Gasteiger partial charge in [0, 0.05) is 22.4 Å². The van der Waals surface area contributed by atoms with E-state index in [2.05, 4.69) is 33.9 Å². The average molecular weight is 565 g/mol. The highest BCUT2D eigenvalue weighted by Crippen LogP contribution is 2.35. The highest BCUT2D eigenvalue weighted by molar-refractivity contribution is 7.99. The molecule has 0 radical (unpaired) electrons. The first-order valence-electron chi connectivity index (χ1n) is 11.7. The van der Waals surface area contributed by atoms with E-state index in [1.165, 1.54) is 30.9 Å². The minimum Gasteiger partial charge on any atom is -0.465 e. The number of nitrogens with zero attached hydrogens (tertiary/aromatic N) is 3. The fourth-order valence-electron chi connectivity index (χ4n) is 3.98. The number of methoxy groups -OCH3 is 2. The maximum Gasteiger partial charge on any atom is 0.348 e. The lowest BCUT2D eigenvalue weighted by Crippen LogP contribution is -2.18. The summed E-state index contributed by atoms with van der Waals surface area (Å²) in [5.41, 5.74) is 1.53. The zero-order chi connectivity index (χ0) is 26.5. The molecule has 3 aromatic heterocycles. The van der Waals surface area contributed by atoms with Gasteiger partial charge in [0.05, 0.1) is 38.2 Å². The molecular formula is C24H28N4O6S3. The van der Waals surface area contributed by atoms with Gasteiger partial charge in [0.15, 0.2) is 11.0 Å². The summed E-state index contributed by atoms with van der Waals surface area (Å²) in [7, 11) is 2.50. The molecule has 0 saturated carbocycles. The first-order valence-corrected chi connectivity index (χ1v) is 14.4. The summed E-state index contributed by atoms with van der Waals surface area (Å²) in [6.45, 7) is 5.06. The second-order valence-electron chi connectivity index (χ2n) is 8.29. The van der Waals surface area contributed by atoms with Crippen LogP contribution in [0, 0.1) is 6.92 Å². The van der Waals surface area contributed by atoms with Crippen LogP contribution in [0.1, 0.15) is 50.2 Å². The number of amides is 1. The highest BCUT2D eigenvalue weighted by Gasteiger charge is 2.27. The van der Waals surface area contributed by atoms with E-state index < -0.39 is 11.9 Å². The average Bonchev–Trinajstić information content (AvgIpc) is 3.70. The molecule has 3 aromatic rings. The molecule has 1 amide bonds. The van der Waals surface area contributed by atoms with E-state index in [9.17, 15) is 14.4 Å². The van der Waals surface area contributed by atoms with Crippen molar-refractivity contribution in [2.24, 2.45) is 0 Å². The Balaban J connectivity index is 1.53. The van der Waals surface area contributed by atoms with Gasteiger partial charge in [-0.25, -0.2) is 9.59 Å². The maximum absolute atomic E-state index is 12.9. The molecule has 1 N–H and O–H groups in total. The predicted molar refractivity (Wildman–Crippen MR) is 143 cm³/mol. The van der Waals surface area contributed by atoms with E-state index in [0.717, 1.165) is 48.6 Å². The van der Waals surface area contributed by atoms with E-state index in [1.54, 1.807) is 18.3 Å². The number of thioether (sulfide) groups is 1. The summed E-state index contributed by atoms with van der Waals surface area (Å²) >= 11 is 3.91. The number of aromatic nitrogens is 3. The van der Waals surface area contributed by atoms with Crippen molar-refractivity contribution in [2.45, 2.75) is 50.9 Å². The van der Waals surface area contributed by atoms with Crippen LogP contribution >= 0.6 is 34.4 Å². The number of anilines is 1. The molecule has 10 nitrogen and oxygen atoms in total. The number of hydrogen-bond donors (Lipinski definition) is 1. The zero-order valence-corrected chi connectivity index (χ0v) is 23.4. The van der Waals surface area contributed by atoms with Crippen LogP contribution < -0.4 is 5.32 Å². The van der Waals surface area contributed by atoms with Crippen LogP contribution in [0.5, 0.6) is 0 Å². The van der Waals surface area contributed by atoms with Gasteiger partial charge in [0.25, 0.3) is 0 Å². The predicted octanol–water partition coefficient (Wildman–Crippen LogP) is 4.42. The van der Waals surface area contributed by atoms with E-state index in [1.807, 2.05) is 4.57 Å². The Morgan fingerprint density at radius 2 is 2.03 bits per heavy atom. The van der Waals surface area contributed by atoms with Crippen molar-refractivity contribution < 1.29 is 28.6 Å². The SMILES string of the molecule is CCc1cc(-c2nnc(SCC(=O)Nc3sc(C(=O)OC)c(C)c3C(=O)OC)n2CC2CCCO2)cs1. The number of nitrogens with one attached hydrogen (secondary N) is 1. The second kappa shape index (κ2) is 12.2. The Bertz CT molecular complexity index is 1290. The molecule has 0 aliphatic carbocycles. The molecule has 1 aliphatic rings. The fraction of sp³-hybridized carbons (Fsp3) is 0.458. The van der Waals surface area contributed by atoms with Crippen LogP contribution in [0.4, 0.5) is 5.00 Å².